The first-order valence-corrected chi connectivity index (χ1v) is 7.76. The Morgan fingerprint density at radius 3 is 2.32 bits per heavy atom. The smallest absolute Gasteiger partial charge is 0.338 e. The summed E-state index contributed by atoms with van der Waals surface area (Å²) >= 11 is 0. The maximum atomic E-state index is 12.1. The number of benzene rings is 1. The number of anilines is 1. The van der Waals surface area contributed by atoms with Gasteiger partial charge in [-0.3, -0.25) is 4.79 Å². The Balaban J connectivity index is 1.88. The number of rotatable bonds is 5. The minimum absolute atomic E-state index is 0.217. The third kappa shape index (κ3) is 4.23. The van der Waals surface area contributed by atoms with E-state index in [1.165, 1.54) is 0 Å². The lowest BCUT2D eigenvalue weighted by Crippen LogP contribution is -2.40. The van der Waals surface area contributed by atoms with Crippen molar-refractivity contribution in [3.05, 3.63) is 29.8 Å². The molecule has 1 aromatic carbocycles. The van der Waals surface area contributed by atoms with Crippen LogP contribution in [-0.4, -0.2) is 38.1 Å². The first-order chi connectivity index (χ1) is 10.5. The molecule has 1 amide bonds. The molecule has 1 aliphatic carbocycles. The Morgan fingerprint density at radius 2 is 1.77 bits per heavy atom. The number of ether oxygens (including phenoxy) is 1. The summed E-state index contributed by atoms with van der Waals surface area (Å²) in [5.41, 5.74) is 1.45. The molecule has 0 aliphatic heterocycles. The minimum atomic E-state index is -0.776. The van der Waals surface area contributed by atoms with E-state index in [-0.39, 0.29) is 11.9 Å². The van der Waals surface area contributed by atoms with Gasteiger partial charge in [0.1, 0.15) is 0 Å². The highest BCUT2D eigenvalue weighted by Crippen LogP contribution is 2.18. The van der Waals surface area contributed by atoms with Gasteiger partial charge in [0, 0.05) is 25.8 Å². The SMILES string of the molecule is C[C@@H](OC(=O)c1ccc(N(C)C)cc1)C(=O)NC1CCCC1. The molecule has 120 valence electrons. The van der Waals surface area contributed by atoms with Crippen LogP contribution >= 0.6 is 0 Å². The Bertz CT molecular complexity index is 519. The number of carbonyl (C=O) groups excluding carboxylic acids is 2. The third-order valence-electron chi connectivity index (χ3n) is 3.97. The van der Waals surface area contributed by atoms with Crippen molar-refractivity contribution in [1.29, 1.82) is 0 Å². The van der Waals surface area contributed by atoms with Crippen molar-refractivity contribution in [1.82, 2.24) is 5.32 Å². The summed E-state index contributed by atoms with van der Waals surface area (Å²) < 4.78 is 5.24. The molecule has 5 heteroatoms. The van der Waals surface area contributed by atoms with Crippen molar-refractivity contribution in [2.24, 2.45) is 0 Å². The average Bonchev–Trinajstić information content (AvgIpc) is 3.00. The van der Waals surface area contributed by atoms with Crippen LogP contribution in [0, 0.1) is 0 Å². The van der Waals surface area contributed by atoms with E-state index in [4.69, 9.17) is 4.74 Å². The predicted octanol–water partition coefficient (Wildman–Crippen LogP) is 2.36. The maximum absolute atomic E-state index is 12.1. The zero-order valence-corrected chi connectivity index (χ0v) is 13.5. The Morgan fingerprint density at radius 1 is 1.18 bits per heavy atom. The molecule has 1 atom stereocenters. The van der Waals surface area contributed by atoms with Crippen LogP contribution in [0.5, 0.6) is 0 Å². The Kier molecular flexibility index (Phi) is 5.41. The molecule has 0 saturated heterocycles. The van der Waals surface area contributed by atoms with Gasteiger partial charge in [-0.15, -0.1) is 0 Å². The summed E-state index contributed by atoms with van der Waals surface area (Å²) in [5, 5.41) is 2.94. The van der Waals surface area contributed by atoms with Gasteiger partial charge in [-0.2, -0.15) is 0 Å². The van der Waals surface area contributed by atoms with Gasteiger partial charge >= 0.3 is 5.97 Å². The number of nitrogens with zero attached hydrogens (tertiary/aromatic N) is 1. The first-order valence-electron chi connectivity index (χ1n) is 7.76. The fourth-order valence-corrected chi connectivity index (χ4v) is 2.57. The van der Waals surface area contributed by atoms with Gasteiger partial charge in [-0.05, 0) is 44.0 Å². The van der Waals surface area contributed by atoms with Crippen LogP contribution in [0.1, 0.15) is 43.0 Å². The lowest BCUT2D eigenvalue weighted by Gasteiger charge is -2.17. The molecule has 0 bridgehead atoms. The molecule has 0 heterocycles. The highest BCUT2D eigenvalue weighted by atomic mass is 16.5. The van der Waals surface area contributed by atoms with Gasteiger partial charge < -0.3 is 15.0 Å². The van der Waals surface area contributed by atoms with Gasteiger partial charge in [0.2, 0.25) is 0 Å². The highest BCUT2D eigenvalue weighted by Gasteiger charge is 2.23. The molecule has 5 nitrogen and oxygen atoms in total. The summed E-state index contributed by atoms with van der Waals surface area (Å²) in [4.78, 5) is 26.0. The van der Waals surface area contributed by atoms with E-state index in [2.05, 4.69) is 5.32 Å². The lowest BCUT2D eigenvalue weighted by molar-refractivity contribution is -0.129. The average molecular weight is 304 g/mol. The normalized spacial score (nSPS) is 16.1. The van der Waals surface area contributed by atoms with Crippen molar-refractivity contribution in [2.45, 2.75) is 44.8 Å². The molecule has 0 radical (unpaired) electrons. The molecule has 0 spiro atoms. The van der Waals surface area contributed by atoms with Crippen LogP contribution in [0.25, 0.3) is 0 Å². The van der Waals surface area contributed by atoms with E-state index in [0.717, 1.165) is 31.4 Å². The van der Waals surface area contributed by atoms with E-state index in [9.17, 15) is 9.59 Å². The number of nitrogens with one attached hydrogen (secondary N) is 1. The van der Waals surface area contributed by atoms with Gasteiger partial charge in [0.05, 0.1) is 5.56 Å². The summed E-state index contributed by atoms with van der Waals surface area (Å²) in [6.45, 7) is 1.61. The summed E-state index contributed by atoms with van der Waals surface area (Å²) in [7, 11) is 3.87. The number of carbonyl (C=O) groups is 2. The number of esters is 1. The molecule has 1 aromatic rings. The van der Waals surface area contributed by atoms with Crippen LogP contribution in [0.2, 0.25) is 0 Å². The Labute approximate surface area is 131 Å². The number of amides is 1. The first kappa shape index (κ1) is 16.3. The summed E-state index contributed by atoms with van der Waals surface area (Å²) in [6.07, 6.45) is 3.55. The van der Waals surface area contributed by atoms with E-state index in [0.29, 0.717) is 5.56 Å². The topological polar surface area (TPSA) is 58.6 Å². The van der Waals surface area contributed by atoms with E-state index < -0.39 is 12.1 Å². The van der Waals surface area contributed by atoms with Gasteiger partial charge in [0.15, 0.2) is 6.10 Å². The maximum Gasteiger partial charge on any atom is 0.338 e. The second-order valence-electron chi connectivity index (χ2n) is 5.98. The number of hydrogen-bond acceptors (Lipinski definition) is 4. The third-order valence-corrected chi connectivity index (χ3v) is 3.97. The molecular formula is C17H24N2O3. The van der Waals surface area contributed by atoms with E-state index in [1.54, 1.807) is 19.1 Å². The molecule has 0 unspecified atom stereocenters. The molecular weight excluding hydrogens is 280 g/mol. The lowest BCUT2D eigenvalue weighted by atomic mass is 10.2. The summed E-state index contributed by atoms with van der Waals surface area (Å²) in [5.74, 6) is -0.690. The van der Waals surface area contributed by atoms with E-state index >= 15 is 0 Å². The van der Waals surface area contributed by atoms with Crippen molar-refractivity contribution >= 4 is 17.6 Å². The second kappa shape index (κ2) is 7.29. The monoisotopic (exact) mass is 304 g/mol. The van der Waals surface area contributed by atoms with Crippen molar-refractivity contribution < 1.29 is 14.3 Å². The standard InChI is InChI=1S/C17H24N2O3/c1-12(16(20)18-14-6-4-5-7-14)22-17(21)13-8-10-15(11-9-13)19(2)3/h8-12,14H,4-7H2,1-3H3,(H,18,20)/t12-/m1/s1. The zero-order chi connectivity index (χ0) is 16.1. The van der Waals surface area contributed by atoms with Crippen LogP contribution in [-0.2, 0) is 9.53 Å². The van der Waals surface area contributed by atoms with Crippen LogP contribution in [0.4, 0.5) is 5.69 Å². The molecule has 1 aliphatic rings. The summed E-state index contributed by atoms with van der Waals surface area (Å²) in [6, 6.07) is 7.34. The molecule has 1 saturated carbocycles. The van der Waals surface area contributed by atoms with Crippen molar-refractivity contribution in [2.75, 3.05) is 19.0 Å². The van der Waals surface area contributed by atoms with Crippen LogP contribution in [0.3, 0.4) is 0 Å². The van der Waals surface area contributed by atoms with Crippen molar-refractivity contribution in [3.63, 3.8) is 0 Å². The van der Waals surface area contributed by atoms with Gasteiger partial charge in [-0.25, -0.2) is 4.79 Å². The van der Waals surface area contributed by atoms with Crippen molar-refractivity contribution in [3.8, 4) is 0 Å². The molecule has 0 aromatic heterocycles. The largest absolute Gasteiger partial charge is 0.449 e. The minimum Gasteiger partial charge on any atom is -0.449 e. The quantitative estimate of drug-likeness (QED) is 0.848. The van der Waals surface area contributed by atoms with E-state index in [1.807, 2.05) is 31.1 Å². The Hall–Kier alpha value is -2.04. The fraction of sp³-hybridized carbons (Fsp3) is 0.529. The van der Waals surface area contributed by atoms with Crippen LogP contribution < -0.4 is 10.2 Å². The second-order valence-corrected chi connectivity index (χ2v) is 5.98. The highest BCUT2D eigenvalue weighted by molar-refractivity contribution is 5.92. The molecule has 1 fully saturated rings. The molecule has 1 N–H and O–H groups in total. The number of hydrogen-bond donors (Lipinski definition) is 1. The predicted molar refractivity (Wildman–Crippen MR) is 86.0 cm³/mol. The van der Waals surface area contributed by atoms with Gasteiger partial charge in [0.25, 0.3) is 5.91 Å². The zero-order valence-electron chi connectivity index (χ0n) is 13.5. The fourth-order valence-electron chi connectivity index (χ4n) is 2.57. The van der Waals surface area contributed by atoms with Gasteiger partial charge in [-0.1, -0.05) is 12.8 Å². The van der Waals surface area contributed by atoms with Crippen LogP contribution in [0.15, 0.2) is 24.3 Å². The molecule has 2 rings (SSSR count). The molecule has 22 heavy (non-hydrogen) atoms.